The van der Waals surface area contributed by atoms with E-state index in [1.807, 2.05) is 6.92 Å². The molecule has 7 heteroatoms. The first-order valence-electron chi connectivity index (χ1n) is 8.83. The number of oxime groups is 1. The molecule has 0 aromatic carbocycles. The predicted molar refractivity (Wildman–Crippen MR) is 93.5 cm³/mol. The van der Waals surface area contributed by atoms with Gasteiger partial charge in [0.05, 0.1) is 18.9 Å². The van der Waals surface area contributed by atoms with Gasteiger partial charge in [-0.05, 0) is 18.8 Å². The zero-order valence-electron chi connectivity index (χ0n) is 15.2. The third-order valence-corrected chi connectivity index (χ3v) is 4.94. The number of nitrogens with zero attached hydrogens (tertiary/aromatic N) is 2. The van der Waals surface area contributed by atoms with E-state index in [4.69, 9.17) is 9.15 Å². The Morgan fingerprint density at radius 1 is 1.32 bits per heavy atom. The molecule has 1 aromatic heterocycles. The summed E-state index contributed by atoms with van der Waals surface area (Å²) in [5.41, 5.74) is 2.09. The van der Waals surface area contributed by atoms with Crippen LogP contribution in [0.15, 0.2) is 9.57 Å². The predicted octanol–water partition coefficient (Wildman–Crippen LogP) is 1.80. The fraction of sp³-hybridized carbons (Fsp3) is 0.667. The van der Waals surface area contributed by atoms with E-state index >= 15 is 0 Å². The largest absolute Gasteiger partial charge is 0.455 e. The van der Waals surface area contributed by atoms with Crippen molar-refractivity contribution in [3.63, 3.8) is 0 Å². The summed E-state index contributed by atoms with van der Waals surface area (Å²) in [6.45, 7) is 10.7. The molecule has 3 rings (SSSR count). The summed E-state index contributed by atoms with van der Waals surface area (Å²) in [5, 5.41) is 15.7. The number of morpholine rings is 1. The van der Waals surface area contributed by atoms with Crippen LogP contribution in [0.2, 0.25) is 0 Å². The second-order valence-corrected chi connectivity index (χ2v) is 7.63. The number of ether oxygens (including phenoxy) is 1. The Morgan fingerprint density at radius 3 is 2.72 bits per heavy atom. The molecule has 0 atom stereocenters. The third kappa shape index (κ3) is 3.88. The van der Waals surface area contributed by atoms with Crippen molar-refractivity contribution in [3.05, 3.63) is 22.6 Å². The van der Waals surface area contributed by atoms with Crippen molar-refractivity contribution in [2.24, 2.45) is 10.6 Å². The van der Waals surface area contributed by atoms with Crippen LogP contribution in [0.5, 0.6) is 0 Å². The molecule has 1 saturated heterocycles. The molecular weight excluding hydrogens is 322 g/mol. The molecule has 0 bridgehead atoms. The highest BCUT2D eigenvalue weighted by molar-refractivity contribution is 6.06. The smallest absolute Gasteiger partial charge is 0.287 e. The summed E-state index contributed by atoms with van der Waals surface area (Å²) in [7, 11) is 0. The molecule has 2 heterocycles. The average molecular weight is 349 g/mol. The summed E-state index contributed by atoms with van der Waals surface area (Å²) < 4.78 is 11.2. The van der Waals surface area contributed by atoms with Crippen molar-refractivity contribution >= 4 is 11.6 Å². The summed E-state index contributed by atoms with van der Waals surface area (Å²) in [4.78, 5) is 14.8. The molecule has 0 spiro atoms. The molecule has 1 amide bonds. The van der Waals surface area contributed by atoms with Gasteiger partial charge in [-0.25, -0.2) is 0 Å². The minimum Gasteiger partial charge on any atom is -0.455 e. The van der Waals surface area contributed by atoms with Gasteiger partial charge >= 0.3 is 0 Å². The maximum absolute atomic E-state index is 12.5. The number of fused-ring (bicyclic) bond motifs is 1. The SMILES string of the molecule is Cc1c(C(=O)NCCN2CCOCC2)oc2c1/C(=N\O)CC(C)(C)C2. The minimum atomic E-state index is -0.213. The summed E-state index contributed by atoms with van der Waals surface area (Å²) in [5.74, 6) is 0.848. The molecule has 2 N–H and O–H groups in total. The standard InChI is InChI=1S/C18H27N3O4/c1-12-15-13(20-23)10-18(2,3)11-14(15)25-16(12)17(22)19-4-5-21-6-8-24-9-7-21/h23H,4-11H2,1-3H3,(H,19,22)/b20-13-. The van der Waals surface area contributed by atoms with Crippen LogP contribution >= 0.6 is 0 Å². The van der Waals surface area contributed by atoms with Gasteiger partial charge in [0.15, 0.2) is 5.76 Å². The normalized spacial score (nSPS) is 22.0. The van der Waals surface area contributed by atoms with E-state index in [1.54, 1.807) is 0 Å². The molecule has 7 nitrogen and oxygen atoms in total. The molecule has 25 heavy (non-hydrogen) atoms. The van der Waals surface area contributed by atoms with Gasteiger partial charge in [-0.15, -0.1) is 0 Å². The highest BCUT2D eigenvalue weighted by atomic mass is 16.5. The molecule has 1 aliphatic heterocycles. The summed E-state index contributed by atoms with van der Waals surface area (Å²) >= 11 is 0. The summed E-state index contributed by atoms with van der Waals surface area (Å²) in [6.07, 6.45) is 1.39. The van der Waals surface area contributed by atoms with E-state index in [1.165, 1.54) is 0 Å². The van der Waals surface area contributed by atoms with Crippen LogP contribution in [0.25, 0.3) is 0 Å². The first-order chi connectivity index (χ1) is 11.9. The van der Waals surface area contributed by atoms with Gasteiger partial charge in [0, 0.05) is 43.7 Å². The monoisotopic (exact) mass is 349 g/mol. The van der Waals surface area contributed by atoms with E-state index in [9.17, 15) is 10.0 Å². The second kappa shape index (κ2) is 7.17. The van der Waals surface area contributed by atoms with Gasteiger partial charge in [0.1, 0.15) is 5.76 Å². The second-order valence-electron chi connectivity index (χ2n) is 7.63. The first kappa shape index (κ1) is 17.9. The number of amides is 1. The van der Waals surface area contributed by atoms with Crippen LogP contribution in [-0.2, 0) is 11.2 Å². The van der Waals surface area contributed by atoms with Crippen molar-refractivity contribution in [1.29, 1.82) is 0 Å². The van der Waals surface area contributed by atoms with Crippen LogP contribution in [0.3, 0.4) is 0 Å². The Hall–Kier alpha value is -1.86. The number of nitrogens with one attached hydrogen (secondary N) is 1. The number of hydrogen-bond acceptors (Lipinski definition) is 6. The Labute approximate surface area is 148 Å². The van der Waals surface area contributed by atoms with Gasteiger partial charge < -0.3 is 19.7 Å². The van der Waals surface area contributed by atoms with E-state index in [2.05, 4.69) is 29.2 Å². The van der Waals surface area contributed by atoms with Crippen molar-refractivity contribution < 1.29 is 19.2 Å². The molecule has 1 aliphatic carbocycles. The lowest BCUT2D eigenvalue weighted by Gasteiger charge is -2.28. The minimum absolute atomic E-state index is 0.0526. The van der Waals surface area contributed by atoms with E-state index < -0.39 is 0 Å². The Bertz CT molecular complexity index is 672. The van der Waals surface area contributed by atoms with Crippen molar-refractivity contribution in [1.82, 2.24) is 10.2 Å². The van der Waals surface area contributed by atoms with Crippen LogP contribution in [0.1, 0.15) is 47.7 Å². The fourth-order valence-electron chi connectivity index (χ4n) is 3.65. The number of hydrogen-bond donors (Lipinski definition) is 2. The molecule has 1 fully saturated rings. The van der Waals surface area contributed by atoms with Crippen LogP contribution in [0.4, 0.5) is 0 Å². The first-order valence-corrected chi connectivity index (χ1v) is 8.83. The number of carbonyl (C=O) groups excluding carboxylic acids is 1. The Morgan fingerprint density at radius 2 is 2.04 bits per heavy atom. The molecular formula is C18H27N3O4. The van der Waals surface area contributed by atoms with Crippen molar-refractivity contribution in [3.8, 4) is 0 Å². The van der Waals surface area contributed by atoms with Gasteiger partial charge in [-0.2, -0.15) is 0 Å². The zero-order valence-corrected chi connectivity index (χ0v) is 15.2. The van der Waals surface area contributed by atoms with Gasteiger partial charge in [0.25, 0.3) is 5.91 Å². The maximum atomic E-state index is 12.5. The Kier molecular flexibility index (Phi) is 5.15. The van der Waals surface area contributed by atoms with Crippen molar-refractivity contribution in [2.75, 3.05) is 39.4 Å². The Balaban J connectivity index is 1.68. The molecule has 1 aromatic rings. The molecule has 0 saturated carbocycles. The van der Waals surface area contributed by atoms with Crippen molar-refractivity contribution in [2.45, 2.75) is 33.6 Å². The van der Waals surface area contributed by atoms with Crippen LogP contribution < -0.4 is 5.32 Å². The van der Waals surface area contributed by atoms with E-state index in [-0.39, 0.29) is 11.3 Å². The average Bonchev–Trinajstić information content (AvgIpc) is 2.90. The number of furan rings is 1. The maximum Gasteiger partial charge on any atom is 0.287 e. The lowest BCUT2D eigenvalue weighted by Crippen LogP contribution is -2.41. The van der Waals surface area contributed by atoms with E-state index in [0.29, 0.717) is 24.4 Å². The van der Waals surface area contributed by atoms with E-state index in [0.717, 1.165) is 56.2 Å². The quantitative estimate of drug-likeness (QED) is 0.639. The fourth-order valence-corrected chi connectivity index (χ4v) is 3.65. The molecule has 0 unspecified atom stereocenters. The van der Waals surface area contributed by atoms with Gasteiger partial charge in [-0.3, -0.25) is 9.69 Å². The molecule has 0 radical (unpaired) electrons. The van der Waals surface area contributed by atoms with Crippen LogP contribution in [0, 0.1) is 12.3 Å². The topological polar surface area (TPSA) is 87.3 Å². The lowest BCUT2D eigenvalue weighted by atomic mass is 9.75. The van der Waals surface area contributed by atoms with Gasteiger partial charge in [-0.1, -0.05) is 19.0 Å². The summed E-state index contributed by atoms with van der Waals surface area (Å²) in [6, 6.07) is 0. The zero-order chi connectivity index (χ0) is 18.0. The lowest BCUT2D eigenvalue weighted by molar-refractivity contribution is 0.0382. The molecule has 138 valence electrons. The third-order valence-electron chi connectivity index (χ3n) is 4.94. The number of rotatable bonds is 4. The van der Waals surface area contributed by atoms with Crippen LogP contribution in [-0.4, -0.2) is 61.1 Å². The molecule has 2 aliphatic rings. The highest BCUT2D eigenvalue weighted by Gasteiger charge is 2.36. The van der Waals surface area contributed by atoms with Gasteiger partial charge in [0.2, 0.25) is 0 Å². The number of carbonyl (C=O) groups is 1. The highest BCUT2D eigenvalue weighted by Crippen LogP contribution is 2.38.